The number of fused-ring (bicyclic) bond motifs is 1. The Bertz CT molecular complexity index is 1610. The molecule has 0 aliphatic carbocycles. The lowest BCUT2D eigenvalue weighted by molar-refractivity contribution is -0.137. The van der Waals surface area contributed by atoms with E-state index in [2.05, 4.69) is 21.8 Å². The Morgan fingerprint density at radius 3 is 2.68 bits per heavy atom. The monoisotopic (exact) mass is 524 g/mol. The highest BCUT2D eigenvalue weighted by Gasteiger charge is 2.32. The van der Waals surface area contributed by atoms with E-state index in [9.17, 15) is 18.0 Å². The maximum absolute atomic E-state index is 15.3. The van der Waals surface area contributed by atoms with Gasteiger partial charge in [-0.15, -0.1) is 0 Å². The van der Waals surface area contributed by atoms with Gasteiger partial charge in [0.15, 0.2) is 5.82 Å². The highest BCUT2D eigenvalue weighted by atomic mass is 19.4. The van der Waals surface area contributed by atoms with Crippen molar-refractivity contribution < 1.29 is 27.1 Å². The number of carbonyl (C=O) groups excluding carboxylic acids is 1. The van der Waals surface area contributed by atoms with E-state index in [0.29, 0.717) is 30.7 Å². The maximum atomic E-state index is 15.3. The number of nitrogens with two attached hydrogens (primary N) is 1. The first-order valence-corrected chi connectivity index (χ1v) is 11.5. The summed E-state index contributed by atoms with van der Waals surface area (Å²) in [5, 5.41) is 0. The van der Waals surface area contributed by atoms with Crippen LogP contribution in [0, 0.1) is 17.7 Å². The van der Waals surface area contributed by atoms with E-state index in [1.54, 1.807) is 17.9 Å². The second-order valence-electron chi connectivity index (χ2n) is 8.58. The number of ether oxygens (including phenoxy) is 1. The van der Waals surface area contributed by atoms with Crippen molar-refractivity contribution in [2.45, 2.75) is 25.4 Å². The van der Waals surface area contributed by atoms with Gasteiger partial charge in [-0.1, -0.05) is 5.92 Å². The molecule has 194 valence electrons. The maximum Gasteiger partial charge on any atom is 0.416 e. The summed E-state index contributed by atoms with van der Waals surface area (Å²) >= 11 is 0. The Labute approximate surface area is 214 Å². The summed E-state index contributed by atoms with van der Waals surface area (Å²) in [6.45, 7) is 2.51. The van der Waals surface area contributed by atoms with E-state index >= 15 is 4.39 Å². The number of anilines is 1. The number of hydrogen-bond acceptors (Lipinski definition) is 6. The van der Waals surface area contributed by atoms with Gasteiger partial charge in [-0.25, -0.2) is 19.3 Å². The Kier molecular flexibility index (Phi) is 6.36. The molecular weight excluding hydrogens is 504 g/mol. The molecule has 4 heterocycles. The summed E-state index contributed by atoms with van der Waals surface area (Å²) in [4.78, 5) is 26.4. The van der Waals surface area contributed by atoms with Crippen molar-refractivity contribution in [3.05, 3.63) is 65.9 Å². The van der Waals surface area contributed by atoms with Crippen molar-refractivity contribution >= 4 is 17.4 Å². The van der Waals surface area contributed by atoms with Crippen LogP contribution in [0.3, 0.4) is 0 Å². The number of likely N-dealkylation sites (tertiary alicyclic amines) is 1. The molecule has 1 aromatic carbocycles. The van der Waals surface area contributed by atoms with Crippen LogP contribution in [0.5, 0.6) is 11.6 Å². The van der Waals surface area contributed by atoms with Gasteiger partial charge in [0.05, 0.1) is 22.3 Å². The van der Waals surface area contributed by atoms with E-state index in [0.717, 1.165) is 24.4 Å². The summed E-state index contributed by atoms with van der Waals surface area (Å²) in [5.74, 6) is 3.92. The Balaban J connectivity index is 1.48. The minimum Gasteiger partial charge on any atom is -0.439 e. The highest BCUT2D eigenvalue weighted by Crippen LogP contribution is 2.36. The molecule has 1 aliphatic rings. The smallest absolute Gasteiger partial charge is 0.416 e. The van der Waals surface area contributed by atoms with E-state index in [4.69, 9.17) is 15.5 Å². The third-order valence-corrected chi connectivity index (χ3v) is 6.17. The number of carbonyl (C=O) groups is 1. The second kappa shape index (κ2) is 9.66. The lowest BCUT2D eigenvalue weighted by Crippen LogP contribution is -2.26. The summed E-state index contributed by atoms with van der Waals surface area (Å²) in [5.41, 5.74) is 6.55. The number of amides is 1. The molecule has 0 radical (unpaired) electrons. The minimum absolute atomic E-state index is 0.0489. The van der Waals surface area contributed by atoms with Crippen molar-refractivity contribution in [3.63, 3.8) is 0 Å². The first kappa shape index (κ1) is 25.0. The minimum atomic E-state index is -4.57. The first-order valence-electron chi connectivity index (χ1n) is 11.5. The molecule has 0 spiro atoms. The number of pyridine rings is 1. The molecule has 0 saturated carbocycles. The molecule has 4 aromatic rings. The molecule has 12 heteroatoms. The van der Waals surface area contributed by atoms with Crippen molar-refractivity contribution in [2.24, 2.45) is 0 Å². The number of alkyl halides is 3. The van der Waals surface area contributed by atoms with Gasteiger partial charge in [0.2, 0.25) is 11.8 Å². The molecule has 8 nitrogen and oxygen atoms in total. The van der Waals surface area contributed by atoms with E-state index in [1.807, 2.05) is 0 Å². The van der Waals surface area contributed by atoms with Gasteiger partial charge in [-0.3, -0.25) is 9.20 Å². The summed E-state index contributed by atoms with van der Waals surface area (Å²) in [6, 6.07) is 7.08. The average molecular weight is 524 g/mol. The van der Waals surface area contributed by atoms with Crippen molar-refractivity contribution in [3.8, 4) is 34.9 Å². The molecule has 5 rings (SSSR count). The van der Waals surface area contributed by atoms with Gasteiger partial charge in [0, 0.05) is 43.5 Å². The van der Waals surface area contributed by atoms with Crippen LogP contribution in [0.1, 0.15) is 30.5 Å². The quantitative estimate of drug-likeness (QED) is 0.308. The molecule has 1 atom stereocenters. The Morgan fingerprint density at radius 1 is 1.16 bits per heavy atom. The fourth-order valence-electron chi connectivity index (χ4n) is 4.42. The summed E-state index contributed by atoms with van der Waals surface area (Å²) < 4.78 is 61.2. The van der Waals surface area contributed by atoms with Crippen LogP contribution >= 0.6 is 0 Å². The number of benzene rings is 1. The largest absolute Gasteiger partial charge is 0.439 e. The fraction of sp³-hybridized carbons (Fsp3) is 0.231. The SMILES string of the molecule is CC#CC(=O)N1CCC(c2nc(-c3ccc(Oc4cc(C(F)(F)F)ccn4)cc3F)n3c(N)nccc23)C1. The van der Waals surface area contributed by atoms with Gasteiger partial charge in [-0.05, 0) is 43.5 Å². The standard InChI is InChI=1S/C26H20F4N6O2/c1-2-3-22(37)35-11-8-15(14-35)23-20-7-10-33-25(31)36(20)24(34-23)18-5-4-17(13-19(18)27)38-21-12-16(6-9-32-21)26(28,29)30/h4-7,9-10,12-13,15H,8,11,14H2,1H3,(H2,31,33). The number of rotatable bonds is 4. The van der Waals surface area contributed by atoms with E-state index in [-0.39, 0.29) is 40.8 Å². The number of aromatic nitrogens is 4. The van der Waals surface area contributed by atoms with Crippen LogP contribution in [-0.2, 0) is 11.0 Å². The molecule has 2 N–H and O–H groups in total. The van der Waals surface area contributed by atoms with Crippen LogP contribution < -0.4 is 10.5 Å². The van der Waals surface area contributed by atoms with Crippen molar-refractivity contribution in [2.75, 3.05) is 18.8 Å². The number of nitrogen functional groups attached to an aromatic ring is 1. The lowest BCUT2D eigenvalue weighted by atomic mass is 10.0. The zero-order chi connectivity index (χ0) is 27.0. The molecule has 3 aromatic heterocycles. The molecule has 0 bridgehead atoms. The average Bonchev–Trinajstić information content (AvgIpc) is 3.50. The molecule has 1 unspecified atom stereocenters. The van der Waals surface area contributed by atoms with Crippen LogP contribution in [0.2, 0.25) is 0 Å². The van der Waals surface area contributed by atoms with Gasteiger partial charge >= 0.3 is 6.18 Å². The van der Waals surface area contributed by atoms with E-state index < -0.39 is 17.6 Å². The van der Waals surface area contributed by atoms with Crippen LogP contribution in [0.4, 0.5) is 23.5 Å². The van der Waals surface area contributed by atoms with Gasteiger partial charge in [0.1, 0.15) is 11.6 Å². The van der Waals surface area contributed by atoms with Crippen molar-refractivity contribution in [1.29, 1.82) is 0 Å². The lowest BCUT2D eigenvalue weighted by Gasteiger charge is -2.12. The van der Waals surface area contributed by atoms with Crippen molar-refractivity contribution in [1.82, 2.24) is 24.3 Å². The molecular formula is C26H20F4N6O2. The van der Waals surface area contributed by atoms with Gasteiger partial charge in [0.25, 0.3) is 5.91 Å². The van der Waals surface area contributed by atoms with Crippen LogP contribution in [0.15, 0.2) is 48.8 Å². The normalized spacial score (nSPS) is 15.4. The second-order valence-corrected chi connectivity index (χ2v) is 8.58. The number of nitrogens with zero attached hydrogens (tertiary/aromatic N) is 5. The highest BCUT2D eigenvalue weighted by molar-refractivity contribution is 5.93. The third kappa shape index (κ3) is 4.70. The number of hydrogen-bond donors (Lipinski definition) is 1. The Morgan fingerprint density at radius 2 is 1.95 bits per heavy atom. The third-order valence-electron chi connectivity index (χ3n) is 6.17. The van der Waals surface area contributed by atoms with E-state index in [1.165, 1.54) is 22.7 Å². The zero-order valence-electron chi connectivity index (χ0n) is 20.0. The van der Waals surface area contributed by atoms with Gasteiger partial charge in [-0.2, -0.15) is 13.2 Å². The number of halogens is 4. The van der Waals surface area contributed by atoms with Crippen LogP contribution in [0.25, 0.3) is 16.9 Å². The fourth-order valence-corrected chi connectivity index (χ4v) is 4.42. The predicted molar refractivity (Wildman–Crippen MR) is 129 cm³/mol. The molecule has 1 fully saturated rings. The molecule has 1 amide bonds. The molecule has 1 saturated heterocycles. The summed E-state index contributed by atoms with van der Waals surface area (Å²) in [7, 11) is 0. The molecule has 38 heavy (non-hydrogen) atoms. The first-order chi connectivity index (χ1) is 18.2. The van der Waals surface area contributed by atoms with Crippen LogP contribution in [-0.4, -0.2) is 43.2 Å². The van der Waals surface area contributed by atoms with Gasteiger partial charge < -0.3 is 15.4 Å². The number of imidazole rings is 1. The Hall–Kier alpha value is -4.66. The summed E-state index contributed by atoms with van der Waals surface area (Å²) in [6.07, 6.45) is -1.44. The predicted octanol–water partition coefficient (Wildman–Crippen LogP) is 4.66. The zero-order valence-corrected chi connectivity index (χ0v) is 20.0. The topological polar surface area (TPSA) is 98.6 Å². The molecule has 1 aliphatic heterocycles.